The van der Waals surface area contributed by atoms with Crippen LogP contribution in [-0.4, -0.2) is 59.3 Å². The minimum atomic E-state index is -0.444. The second-order valence-corrected chi connectivity index (χ2v) is 6.92. The van der Waals surface area contributed by atoms with Crippen molar-refractivity contribution in [2.24, 2.45) is 14.1 Å². The topological polar surface area (TPSA) is 103 Å². The van der Waals surface area contributed by atoms with E-state index in [4.69, 9.17) is 4.74 Å². The molecule has 0 bridgehead atoms. The largest absolute Gasteiger partial charge is 0.494 e. The molecule has 0 atom stereocenters. The molecule has 0 aliphatic heterocycles. The van der Waals surface area contributed by atoms with Crippen LogP contribution in [-0.2, 0) is 14.1 Å². The summed E-state index contributed by atoms with van der Waals surface area (Å²) in [6, 6.07) is 7.47. The number of likely N-dealkylation sites (N-methyl/N-ethyl adjacent to an activating group) is 2. The smallest absolute Gasteiger partial charge is 0.332 e. The SMILES string of the molecule is CN(CCCOc1ccc([N+](=O)[O-])cc1)CCN(C)c1cc(=O)n(C)c(=O)n1C. The van der Waals surface area contributed by atoms with E-state index in [-0.39, 0.29) is 16.9 Å². The van der Waals surface area contributed by atoms with Crippen molar-refractivity contribution in [3.05, 3.63) is 61.3 Å². The summed E-state index contributed by atoms with van der Waals surface area (Å²) in [5.41, 5.74) is -0.641. The molecule has 158 valence electrons. The van der Waals surface area contributed by atoms with Crippen LogP contribution >= 0.6 is 0 Å². The number of hydrogen-bond acceptors (Lipinski definition) is 7. The number of ether oxygens (including phenoxy) is 1. The highest BCUT2D eigenvalue weighted by atomic mass is 16.6. The number of nitro benzene ring substituents is 1. The predicted molar refractivity (Wildman–Crippen MR) is 111 cm³/mol. The molecule has 2 rings (SSSR count). The minimum absolute atomic E-state index is 0.0370. The van der Waals surface area contributed by atoms with Crippen molar-refractivity contribution in [3.8, 4) is 5.75 Å². The van der Waals surface area contributed by atoms with E-state index in [1.54, 1.807) is 19.2 Å². The van der Waals surface area contributed by atoms with Crippen molar-refractivity contribution in [2.75, 3.05) is 45.2 Å². The monoisotopic (exact) mass is 405 g/mol. The Morgan fingerprint density at radius 1 is 1.03 bits per heavy atom. The van der Waals surface area contributed by atoms with Crippen LogP contribution in [0, 0.1) is 10.1 Å². The Morgan fingerprint density at radius 2 is 1.69 bits per heavy atom. The molecule has 0 aliphatic carbocycles. The number of hydrogen-bond donors (Lipinski definition) is 0. The van der Waals surface area contributed by atoms with Crippen LogP contribution in [0.2, 0.25) is 0 Å². The van der Waals surface area contributed by atoms with Crippen LogP contribution < -0.4 is 20.9 Å². The molecule has 0 unspecified atom stereocenters. The van der Waals surface area contributed by atoms with E-state index in [9.17, 15) is 19.7 Å². The van der Waals surface area contributed by atoms with Crippen LogP contribution in [0.15, 0.2) is 39.9 Å². The van der Waals surface area contributed by atoms with Gasteiger partial charge in [0.1, 0.15) is 11.6 Å². The summed E-state index contributed by atoms with van der Waals surface area (Å²) in [6.07, 6.45) is 0.793. The fourth-order valence-electron chi connectivity index (χ4n) is 2.82. The van der Waals surface area contributed by atoms with Gasteiger partial charge in [-0.25, -0.2) is 4.79 Å². The van der Waals surface area contributed by atoms with E-state index >= 15 is 0 Å². The molecule has 1 aromatic carbocycles. The van der Waals surface area contributed by atoms with Crippen molar-refractivity contribution in [1.29, 1.82) is 0 Å². The van der Waals surface area contributed by atoms with Gasteiger partial charge in [0, 0.05) is 59.0 Å². The third-order valence-electron chi connectivity index (χ3n) is 4.71. The van der Waals surface area contributed by atoms with Gasteiger partial charge in [-0.1, -0.05) is 0 Å². The Kier molecular flexibility index (Phi) is 7.54. The number of non-ortho nitro benzene ring substituents is 1. The lowest BCUT2D eigenvalue weighted by Gasteiger charge is -2.25. The molecule has 0 radical (unpaired) electrons. The summed E-state index contributed by atoms with van der Waals surface area (Å²) in [6.45, 7) is 2.70. The number of nitrogens with zero attached hydrogens (tertiary/aromatic N) is 5. The predicted octanol–water partition coefficient (Wildman–Crippen LogP) is 0.829. The van der Waals surface area contributed by atoms with Crippen LogP contribution in [0.25, 0.3) is 0 Å². The van der Waals surface area contributed by atoms with Gasteiger partial charge in [-0.3, -0.25) is 24.0 Å². The number of benzene rings is 1. The number of aromatic nitrogens is 2. The Labute approximate surface area is 168 Å². The standard InChI is InChI=1S/C19H27N5O5/c1-20(10-5-13-29-16-8-6-15(7-9-16)24(27)28)11-12-21(2)17-14-18(25)23(4)19(26)22(17)3/h6-9,14H,5,10-13H2,1-4H3. The molecule has 2 aromatic rings. The van der Waals surface area contributed by atoms with Crippen molar-refractivity contribution < 1.29 is 9.66 Å². The zero-order valence-corrected chi connectivity index (χ0v) is 17.2. The van der Waals surface area contributed by atoms with E-state index < -0.39 is 4.92 Å². The highest BCUT2D eigenvalue weighted by Crippen LogP contribution is 2.17. The zero-order chi connectivity index (χ0) is 21.6. The maximum absolute atomic E-state index is 12.0. The normalized spacial score (nSPS) is 10.9. The van der Waals surface area contributed by atoms with Gasteiger partial charge in [-0.05, 0) is 25.6 Å². The first-order valence-electron chi connectivity index (χ1n) is 9.24. The molecule has 0 N–H and O–H groups in total. The summed E-state index contributed by atoms with van der Waals surface area (Å²) in [5.74, 6) is 1.18. The summed E-state index contributed by atoms with van der Waals surface area (Å²) in [7, 11) is 6.94. The molecule has 0 saturated heterocycles. The molecule has 1 aromatic heterocycles. The summed E-state index contributed by atoms with van der Waals surface area (Å²) in [5, 5.41) is 10.6. The Hall–Kier alpha value is -3.14. The first-order chi connectivity index (χ1) is 13.7. The quantitative estimate of drug-likeness (QED) is 0.328. The lowest BCUT2D eigenvalue weighted by molar-refractivity contribution is -0.384. The van der Waals surface area contributed by atoms with Crippen molar-refractivity contribution >= 4 is 11.5 Å². The average molecular weight is 405 g/mol. The van der Waals surface area contributed by atoms with Crippen molar-refractivity contribution in [1.82, 2.24) is 14.0 Å². The average Bonchev–Trinajstić information content (AvgIpc) is 2.70. The third kappa shape index (κ3) is 5.92. The van der Waals surface area contributed by atoms with Crippen LogP contribution in [0.5, 0.6) is 5.75 Å². The van der Waals surface area contributed by atoms with Crippen molar-refractivity contribution in [2.45, 2.75) is 6.42 Å². The Balaban J connectivity index is 1.76. The molecular formula is C19H27N5O5. The lowest BCUT2D eigenvalue weighted by atomic mass is 10.3. The van der Waals surface area contributed by atoms with Crippen LogP contribution in [0.4, 0.5) is 11.5 Å². The summed E-state index contributed by atoms with van der Waals surface area (Å²) >= 11 is 0. The molecule has 0 fully saturated rings. The Morgan fingerprint density at radius 3 is 2.31 bits per heavy atom. The van der Waals surface area contributed by atoms with E-state index in [1.165, 1.54) is 29.8 Å². The van der Waals surface area contributed by atoms with Gasteiger partial charge in [-0.15, -0.1) is 0 Å². The Bertz CT molecular complexity index is 951. The highest BCUT2D eigenvalue weighted by Gasteiger charge is 2.11. The molecule has 0 spiro atoms. The summed E-state index contributed by atoms with van der Waals surface area (Å²) in [4.78, 5) is 38.1. The first kappa shape index (κ1) is 22.2. The molecular weight excluding hydrogens is 378 g/mol. The van der Waals surface area contributed by atoms with E-state index in [0.29, 0.717) is 24.7 Å². The van der Waals surface area contributed by atoms with E-state index in [0.717, 1.165) is 24.1 Å². The van der Waals surface area contributed by atoms with Gasteiger partial charge in [0.2, 0.25) is 0 Å². The van der Waals surface area contributed by atoms with Gasteiger partial charge in [-0.2, -0.15) is 0 Å². The number of rotatable bonds is 10. The highest BCUT2D eigenvalue weighted by molar-refractivity contribution is 5.37. The van der Waals surface area contributed by atoms with E-state index in [1.807, 2.05) is 19.0 Å². The molecule has 1 heterocycles. The summed E-state index contributed by atoms with van der Waals surface area (Å²) < 4.78 is 8.14. The molecule has 10 heteroatoms. The maximum atomic E-state index is 12.0. The zero-order valence-electron chi connectivity index (χ0n) is 17.2. The van der Waals surface area contributed by atoms with Crippen molar-refractivity contribution in [3.63, 3.8) is 0 Å². The van der Waals surface area contributed by atoms with Gasteiger partial charge >= 0.3 is 5.69 Å². The maximum Gasteiger partial charge on any atom is 0.332 e. The number of nitro groups is 1. The van der Waals surface area contributed by atoms with Gasteiger partial charge in [0.05, 0.1) is 11.5 Å². The van der Waals surface area contributed by atoms with Gasteiger partial charge in [0.15, 0.2) is 0 Å². The second kappa shape index (κ2) is 9.87. The molecule has 29 heavy (non-hydrogen) atoms. The van der Waals surface area contributed by atoms with Crippen LogP contribution in [0.1, 0.15) is 6.42 Å². The fourth-order valence-corrected chi connectivity index (χ4v) is 2.82. The fraction of sp³-hybridized carbons (Fsp3) is 0.474. The van der Waals surface area contributed by atoms with Crippen LogP contribution in [0.3, 0.4) is 0 Å². The lowest BCUT2D eigenvalue weighted by Crippen LogP contribution is -2.41. The van der Waals surface area contributed by atoms with Gasteiger partial charge in [0.25, 0.3) is 11.2 Å². The third-order valence-corrected chi connectivity index (χ3v) is 4.71. The molecule has 0 aliphatic rings. The molecule has 0 amide bonds. The van der Waals surface area contributed by atoms with Gasteiger partial charge < -0.3 is 14.5 Å². The second-order valence-electron chi connectivity index (χ2n) is 6.92. The first-order valence-corrected chi connectivity index (χ1v) is 9.24. The molecule has 0 saturated carbocycles. The van der Waals surface area contributed by atoms with E-state index in [2.05, 4.69) is 4.90 Å². The minimum Gasteiger partial charge on any atom is -0.494 e. The number of anilines is 1. The molecule has 10 nitrogen and oxygen atoms in total.